The summed E-state index contributed by atoms with van der Waals surface area (Å²) < 4.78 is 53.4. The molecule has 0 aliphatic carbocycles. The summed E-state index contributed by atoms with van der Waals surface area (Å²) in [5.74, 6) is -0.660. The molecule has 0 aliphatic rings. The zero-order valence-corrected chi connectivity index (χ0v) is 15.3. The number of nitrogens with two attached hydrogens (primary N) is 1. The van der Waals surface area contributed by atoms with Gasteiger partial charge in [0.05, 0.1) is 12.2 Å². The number of hydrogen-bond acceptors (Lipinski definition) is 5. The number of halogens is 4. The lowest BCUT2D eigenvalue weighted by Gasteiger charge is -2.10. The van der Waals surface area contributed by atoms with Gasteiger partial charge in [-0.2, -0.15) is 18.3 Å². The minimum absolute atomic E-state index is 0.0467. The number of alkyl halides is 3. The molecule has 0 saturated carbocycles. The molecule has 2 aromatic heterocycles. The van der Waals surface area contributed by atoms with Crippen molar-refractivity contribution in [1.29, 1.82) is 0 Å². The molecule has 0 bridgehead atoms. The van der Waals surface area contributed by atoms with E-state index in [2.05, 4.69) is 15.8 Å². The van der Waals surface area contributed by atoms with Crippen molar-refractivity contribution >= 4 is 6.29 Å². The monoisotopic (exact) mass is 410 g/mol. The third-order valence-electron chi connectivity index (χ3n) is 3.84. The lowest BCUT2D eigenvalue weighted by Crippen LogP contribution is -2.07. The third-order valence-corrected chi connectivity index (χ3v) is 3.84. The molecule has 2 heterocycles. The molecule has 3 aromatic rings. The second-order valence-electron chi connectivity index (χ2n) is 5.81. The van der Waals surface area contributed by atoms with Gasteiger partial charge >= 0.3 is 6.18 Å². The Morgan fingerprint density at radius 1 is 1.17 bits per heavy atom. The molecule has 3 N–H and O–H groups in total. The Bertz CT molecular complexity index is 987. The van der Waals surface area contributed by atoms with Gasteiger partial charge in [-0.05, 0) is 54.9 Å². The first-order valence-electron chi connectivity index (χ1n) is 8.34. The largest absolute Gasteiger partial charge is 0.416 e. The van der Waals surface area contributed by atoms with Gasteiger partial charge in [-0.3, -0.25) is 4.79 Å². The van der Waals surface area contributed by atoms with Gasteiger partial charge in [-0.15, -0.1) is 0 Å². The van der Waals surface area contributed by atoms with Crippen LogP contribution in [0.1, 0.15) is 32.7 Å². The Labute approximate surface area is 163 Å². The standard InChI is InChI=1S/C18H13F4N3O2.CH5N/c19-15-5-12(4-14(7-15)18(20,21)22)3-11-1-2-23-17(6-11)25-8-13(9-26)16(10-27)24-25;1-2/h1-2,4-8,10,26H,3,9H2;2H2,1H3. The summed E-state index contributed by atoms with van der Waals surface area (Å²) in [4.78, 5) is 15.0. The van der Waals surface area contributed by atoms with Gasteiger partial charge in [0.1, 0.15) is 11.5 Å². The highest BCUT2D eigenvalue weighted by Crippen LogP contribution is 2.31. The van der Waals surface area contributed by atoms with Crippen LogP contribution >= 0.6 is 0 Å². The lowest BCUT2D eigenvalue weighted by atomic mass is 10.0. The zero-order chi connectivity index (χ0) is 21.6. The molecule has 0 spiro atoms. The molecule has 0 fully saturated rings. The molecule has 10 heteroatoms. The summed E-state index contributed by atoms with van der Waals surface area (Å²) in [5, 5.41) is 13.2. The van der Waals surface area contributed by atoms with E-state index in [4.69, 9.17) is 0 Å². The maximum atomic E-state index is 13.5. The van der Waals surface area contributed by atoms with Crippen molar-refractivity contribution in [2.45, 2.75) is 19.2 Å². The fourth-order valence-electron chi connectivity index (χ4n) is 2.61. The van der Waals surface area contributed by atoms with E-state index in [1.54, 1.807) is 12.1 Å². The Hall–Kier alpha value is -3.11. The van der Waals surface area contributed by atoms with Crippen molar-refractivity contribution in [3.05, 3.63) is 76.5 Å². The van der Waals surface area contributed by atoms with Gasteiger partial charge in [0.15, 0.2) is 12.1 Å². The fraction of sp³-hybridized carbons (Fsp3) is 0.211. The minimum Gasteiger partial charge on any atom is -0.392 e. The molecule has 154 valence electrons. The second-order valence-corrected chi connectivity index (χ2v) is 5.81. The average Bonchev–Trinajstić information content (AvgIpc) is 3.12. The predicted molar refractivity (Wildman–Crippen MR) is 97.0 cm³/mol. The third kappa shape index (κ3) is 5.46. The number of pyridine rings is 1. The normalized spacial score (nSPS) is 11.0. The Kier molecular flexibility index (Phi) is 7.18. The van der Waals surface area contributed by atoms with E-state index in [0.29, 0.717) is 29.3 Å². The van der Waals surface area contributed by atoms with Crippen LogP contribution < -0.4 is 5.73 Å². The first-order valence-corrected chi connectivity index (χ1v) is 8.34. The Balaban J connectivity index is 0.00000145. The molecule has 6 nitrogen and oxygen atoms in total. The van der Waals surface area contributed by atoms with E-state index >= 15 is 0 Å². The fourth-order valence-corrected chi connectivity index (χ4v) is 2.61. The van der Waals surface area contributed by atoms with Crippen LogP contribution in [-0.2, 0) is 19.2 Å². The van der Waals surface area contributed by atoms with Crippen LogP contribution in [0, 0.1) is 5.82 Å². The van der Waals surface area contributed by atoms with Gasteiger partial charge in [-0.1, -0.05) is 0 Å². The number of hydrogen-bond donors (Lipinski definition) is 2. The van der Waals surface area contributed by atoms with Crippen LogP contribution in [0.5, 0.6) is 0 Å². The quantitative estimate of drug-likeness (QED) is 0.498. The molecule has 29 heavy (non-hydrogen) atoms. The molecule has 0 saturated heterocycles. The van der Waals surface area contributed by atoms with Crippen LogP contribution in [0.25, 0.3) is 5.82 Å². The predicted octanol–water partition coefficient (Wildman–Crippen LogP) is 2.90. The number of aldehydes is 1. The number of aromatic nitrogens is 3. The van der Waals surface area contributed by atoms with Crippen LogP contribution in [-0.4, -0.2) is 33.2 Å². The summed E-state index contributed by atoms with van der Waals surface area (Å²) in [6.07, 6.45) is -1.24. The molecule has 0 aliphatic heterocycles. The van der Waals surface area contributed by atoms with Crippen molar-refractivity contribution in [2.24, 2.45) is 5.73 Å². The Morgan fingerprint density at radius 3 is 2.48 bits per heavy atom. The first kappa shape index (κ1) is 22.2. The number of aliphatic hydroxyl groups is 1. The highest BCUT2D eigenvalue weighted by Gasteiger charge is 2.31. The van der Waals surface area contributed by atoms with E-state index in [1.165, 1.54) is 24.1 Å². The van der Waals surface area contributed by atoms with Gasteiger partial charge in [0, 0.05) is 18.0 Å². The SMILES string of the molecule is CN.O=Cc1nn(-c2cc(Cc3cc(F)cc(C(F)(F)F)c3)ccn2)cc1CO. The smallest absolute Gasteiger partial charge is 0.392 e. The Morgan fingerprint density at radius 2 is 1.90 bits per heavy atom. The average molecular weight is 410 g/mol. The topological polar surface area (TPSA) is 94.0 Å². The van der Waals surface area contributed by atoms with Crippen molar-refractivity contribution in [3.63, 3.8) is 0 Å². The van der Waals surface area contributed by atoms with Gasteiger partial charge < -0.3 is 10.8 Å². The molecular formula is C19H18F4N4O2. The molecule has 0 atom stereocenters. The van der Waals surface area contributed by atoms with Crippen molar-refractivity contribution in [3.8, 4) is 5.82 Å². The summed E-state index contributed by atoms with van der Waals surface area (Å²) in [6.45, 7) is -0.378. The van der Waals surface area contributed by atoms with Gasteiger partial charge in [0.25, 0.3) is 0 Å². The van der Waals surface area contributed by atoms with E-state index in [0.717, 1.165) is 12.1 Å². The summed E-state index contributed by atoms with van der Waals surface area (Å²) in [6, 6.07) is 5.52. The number of carbonyl (C=O) groups is 1. The molecule has 1 aromatic carbocycles. The highest BCUT2D eigenvalue weighted by molar-refractivity contribution is 5.74. The van der Waals surface area contributed by atoms with E-state index in [-0.39, 0.29) is 24.3 Å². The summed E-state index contributed by atoms with van der Waals surface area (Å²) in [5.41, 5.74) is 4.56. The number of benzene rings is 1. The van der Waals surface area contributed by atoms with E-state index in [1.807, 2.05) is 0 Å². The van der Waals surface area contributed by atoms with Gasteiger partial charge in [0.2, 0.25) is 0 Å². The van der Waals surface area contributed by atoms with Crippen molar-refractivity contribution in [2.75, 3.05) is 7.05 Å². The minimum atomic E-state index is -4.64. The first-order chi connectivity index (χ1) is 13.8. The number of nitrogens with zero attached hydrogens (tertiary/aromatic N) is 3. The summed E-state index contributed by atoms with van der Waals surface area (Å²) >= 11 is 0. The van der Waals surface area contributed by atoms with E-state index in [9.17, 15) is 27.5 Å². The maximum Gasteiger partial charge on any atom is 0.416 e. The molecular weight excluding hydrogens is 392 g/mol. The molecule has 0 unspecified atom stereocenters. The second kappa shape index (κ2) is 9.39. The van der Waals surface area contributed by atoms with Crippen LogP contribution in [0.2, 0.25) is 0 Å². The number of aliphatic hydroxyl groups excluding tert-OH is 1. The van der Waals surface area contributed by atoms with Crippen LogP contribution in [0.15, 0.2) is 42.7 Å². The lowest BCUT2D eigenvalue weighted by molar-refractivity contribution is -0.137. The van der Waals surface area contributed by atoms with Gasteiger partial charge in [-0.25, -0.2) is 14.1 Å². The van der Waals surface area contributed by atoms with Crippen molar-refractivity contribution < 1.29 is 27.5 Å². The molecule has 0 amide bonds. The molecule has 0 radical (unpaired) electrons. The molecule has 3 rings (SSSR count). The number of carbonyl (C=O) groups excluding carboxylic acids is 1. The van der Waals surface area contributed by atoms with Crippen LogP contribution in [0.3, 0.4) is 0 Å². The van der Waals surface area contributed by atoms with E-state index < -0.39 is 17.6 Å². The van der Waals surface area contributed by atoms with Crippen LogP contribution in [0.4, 0.5) is 17.6 Å². The number of rotatable bonds is 5. The maximum absolute atomic E-state index is 13.5. The highest BCUT2D eigenvalue weighted by atomic mass is 19.4. The summed E-state index contributed by atoms with van der Waals surface area (Å²) in [7, 11) is 1.50. The zero-order valence-electron chi connectivity index (χ0n) is 15.3. The van der Waals surface area contributed by atoms with Crippen molar-refractivity contribution in [1.82, 2.24) is 14.8 Å².